The van der Waals surface area contributed by atoms with Gasteiger partial charge in [0, 0.05) is 17.3 Å². The zero-order valence-electron chi connectivity index (χ0n) is 16.4. The van der Waals surface area contributed by atoms with Gasteiger partial charge in [0.05, 0.1) is 12.6 Å². The van der Waals surface area contributed by atoms with Crippen molar-refractivity contribution in [1.82, 2.24) is 4.98 Å². The van der Waals surface area contributed by atoms with Crippen LogP contribution < -0.4 is 15.2 Å². The third-order valence-electron chi connectivity index (χ3n) is 4.56. The van der Waals surface area contributed by atoms with Crippen LogP contribution in [0.25, 0.3) is 11.1 Å². The maximum absolute atomic E-state index is 12.3. The molecule has 2 aromatic carbocycles. The molecule has 1 aliphatic rings. The summed E-state index contributed by atoms with van der Waals surface area (Å²) in [6.07, 6.45) is -1.86. The molecule has 2 N–H and O–H groups in total. The number of benzene rings is 2. The Balaban J connectivity index is 1.41. The van der Waals surface area contributed by atoms with Crippen molar-refractivity contribution in [1.29, 1.82) is 0 Å². The number of hydrogen-bond donors (Lipinski definition) is 1. The minimum atomic E-state index is -4.75. The van der Waals surface area contributed by atoms with Crippen LogP contribution in [0.5, 0.6) is 11.5 Å². The van der Waals surface area contributed by atoms with Crippen molar-refractivity contribution in [3.8, 4) is 22.6 Å². The molecule has 0 saturated carbocycles. The summed E-state index contributed by atoms with van der Waals surface area (Å²) in [5.74, 6) is -0.159. The van der Waals surface area contributed by atoms with Crippen LogP contribution in [0.3, 0.4) is 0 Å². The van der Waals surface area contributed by atoms with E-state index in [4.69, 9.17) is 15.3 Å². The molecule has 1 aliphatic heterocycles. The Kier molecular flexibility index (Phi) is 5.67. The largest absolute Gasteiger partial charge is 0.573 e. The Morgan fingerprint density at radius 2 is 1.81 bits per heavy atom. The predicted molar refractivity (Wildman–Crippen MR) is 108 cm³/mol. The molecular formula is C22H16F3N3O4. The number of alkyl halides is 3. The topological polar surface area (TPSA) is 96.0 Å². The summed E-state index contributed by atoms with van der Waals surface area (Å²) in [6.45, 7) is 0. The second-order valence-corrected chi connectivity index (χ2v) is 6.86. The first-order valence-corrected chi connectivity index (χ1v) is 9.38. The Bertz CT molecular complexity index is 1160. The van der Waals surface area contributed by atoms with Crippen molar-refractivity contribution >= 4 is 11.8 Å². The number of amides is 1. The Morgan fingerprint density at radius 3 is 2.53 bits per heavy atom. The molecule has 0 bridgehead atoms. The van der Waals surface area contributed by atoms with Gasteiger partial charge in [0.2, 0.25) is 11.8 Å². The first-order valence-electron chi connectivity index (χ1n) is 9.38. The predicted octanol–water partition coefficient (Wildman–Crippen LogP) is 4.60. The van der Waals surface area contributed by atoms with Gasteiger partial charge in [-0.2, -0.15) is 0 Å². The van der Waals surface area contributed by atoms with Crippen LogP contribution in [0, 0.1) is 0 Å². The van der Waals surface area contributed by atoms with Crippen molar-refractivity contribution in [3.63, 3.8) is 0 Å². The molecule has 7 nitrogen and oxygen atoms in total. The zero-order valence-corrected chi connectivity index (χ0v) is 16.4. The van der Waals surface area contributed by atoms with Crippen LogP contribution in [0.2, 0.25) is 0 Å². The molecule has 0 spiro atoms. The van der Waals surface area contributed by atoms with Gasteiger partial charge in [-0.1, -0.05) is 29.4 Å². The maximum Gasteiger partial charge on any atom is 0.573 e. The fourth-order valence-electron chi connectivity index (χ4n) is 3.10. The van der Waals surface area contributed by atoms with Gasteiger partial charge in [-0.3, -0.25) is 9.78 Å². The van der Waals surface area contributed by atoms with E-state index in [1.165, 1.54) is 30.5 Å². The maximum atomic E-state index is 12.3. The number of carbonyl (C=O) groups is 1. The number of ether oxygens (including phenoxy) is 2. The minimum absolute atomic E-state index is 0.279. The van der Waals surface area contributed by atoms with Crippen LogP contribution >= 0.6 is 0 Å². The second kappa shape index (κ2) is 8.58. The molecule has 0 unspecified atom stereocenters. The fourth-order valence-corrected chi connectivity index (χ4v) is 3.10. The van der Waals surface area contributed by atoms with E-state index in [2.05, 4.69) is 14.9 Å². The smallest absolute Gasteiger partial charge is 0.438 e. The molecule has 0 fully saturated rings. The molecule has 1 amide bonds. The Hall–Kier alpha value is -4.08. The molecule has 10 heteroatoms. The lowest BCUT2D eigenvalue weighted by Crippen LogP contribution is -2.17. The van der Waals surface area contributed by atoms with Crippen LogP contribution in [0.1, 0.15) is 28.4 Å². The van der Waals surface area contributed by atoms with E-state index in [0.29, 0.717) is 22.4 Å². The van der Waals surface area contributed by atoms with Crippen LogP contribution in [0.4, 0.5) is 13.2 Å². The number of halogens is 3. The monoisotopic (exact) mass is 443 g/mol. The number of nitrogens with zero attached hydrogens (tertiary/aromatic N) is 2. The standard InChI is InChI=1S/C22H16F3N3O4/c23-22(24,25)31-17-6-4-13(5-7-17)19-10-20(28-32-19)30-18-9-16(11-27-12-18)14-2-1-3-15(8-14)21(26)29/h1-9,11-12,19H,10H2,(H2,26,29)/t19-/m0/s1. The van der Waals surface area contributed by atoms with Crippen molar-refractivity contribution < 1.29 is 32.3 Å². The summed E-state index contributed by atoms with van der Waals surface area (Å²) in [5, 5.41) is 3.90. The average molecular weight is 443 g/mol. The Morgan fingerprint density at radius 1 is 1.03 bits per heavy atom. The van der Waals surface area contributed by atoms with E-state index >= 15 is 0 Å². The third kappa shape index (κ3) is 5.15. The SMILES string of the molecule is NC(=O)c1cccc(-c2cncc(OC3=NO[C@H](c4ccc(OC(F)(F)F)cc4)C3)c2)c1. The van der Waals surface area contributed by atoms with Gasteiger partial charge < -0.3 is 20.0 Å². The highest BCUT2D eigenvalue weighted by atomic mass is 19.4. The molecular weight excluding hydrogens is 427 g/mol. The fraction of sp³-hybridized carbons (Fsp3) is 0.136. The molecule has 1 aromatic heterocycles. The van der Waals surface area contributed by atoms with Crippen LogP contribution in [0.15, 0.2) is 72.1 Å². The Labute approximate surface area is 180 Å². The molecule has 0 saturated heterocycles. The highest BCUT2D eigenvalue weighted by molar-refractivity contribution is 5.94. The van der Waals surface area contributed by atoms with Gasteiger partial charge in [0.1, 0.15) is 11.5 Å². The van der Waals surface area contributed by atoms with E-state index < -0.39 is 18.4 Å². The molecule has 32 heavy (non-hydrogen) atoms. The van der Waals surface area contributed by atoms with E-state index in [1.807, 2.05) is 6.07 Å². The second-order valence-electron chi connectivity index (χ2n) is 6.86. The number of nitrogens with two attached hydrogens (primary N) is 1. The molecule has 0 radical (unpaired) electrons. The first-order chi connectivity index (χ1) is 15.3. The highest BCUT2D eigenvalue weighted by Gasteiger charge is 2.31. The number of pyridine rings is 1. The number of oxime groups is 1. The van der Waals surface area contributed by atoms with Gasteiger partial charge >= 0.3 is 6.36 Å². The summed E-state index contributed by atoms with van der Waals surface area (Å²) in [7, 11) is 0. The molecule has 0 aliphatic carbocycles. The lowest BCUT2D eigenvalue weighted by Gasteiger charge is -2.11. The normalized spacial score (nSPS) is 15.6. The van der Waals surface area contributed by atoms with E-state index in [9.17, 15) is 18.0 Å². The molecule has 1 atom stereocenters. The lowest BCUT2D eigenvalue weighted by molar-refractivity contribution is -0.274. The van der Waals surface area contributed by atoms with Crippen LogP contribution in [-0.2, 0) is 4.84 Å². The van der Waals surface area contributed by atoms with Gasteiger partial charge in [0.15, 0.2) is 6.10 Å². The molecule has 4 rings (SSSR count). The van der Waals surface area contributed by atoms with Crippen molar-refractivity contribution in [2.45, 2.75) is 18.9 Å². The minimum Gasteiger partial charge on any atom is -0.438 e. The summed E-state index contributed by atoms with van der Waals surface area (Å²) in [4.78, 5) is 20.9. The summed E-state index contributed by atoms with van der Waals surface area (Å²) in [6, 6.07) is 13.9. The first kappa shape index (κ1) is 21.2. The molecule has 164 valence electrons. The molecule has 2 heterocycles. The quantitative estimate of drug-likeness (QED) is 0.622. The zero-order chi connectivity index (χ0) is 22.7. The highest BCUT2D eigenvalue weighted by Crippen LogP contribution is 2.31. The van der Waals surface area contributed by atoms with Gasteiger partial charge in [-0.05, 0) is 41.5 Å². The third-order valence-corrected chi connectivity index (χ3v) is 4.56. The number of primary amides is 1. The molecule has 3 aromatic rings. The average Bonchev–Trinajstić information content (AvgIpc) is 3.22. The lowest BCUT2D eigenvalue weighted by atomic mass is 10.0. The van der Waals surface area contributed by atoms with Gasteiger partial charge in [-0.15, -0.1) is 13.2 Å². The van der Waals surface area contributed by atoms with Gasteiger partial charge in [-0.25, -0.2) is 0 Å². The van der Waals surface area contributed by atoms with Crippen molar-refractivity contribution in [3.05, 3.63) is 78.1 Å². The van der Waals surface area contributed by atoms with E-state index in [-0.39, 0.29) is 18.1 Å². The number of aromatic nitrogens is 1. The summed E-state index contributed by atoms with van der Waals surface area (Å²) < 4.78 is 46.5. The summed E-state index contributed by atoms with van der Waals surface area (Å²) >= 11 is 0. The summed E-state index contributed by atoms with van der Waals surface area (Å²) in [5.41, 5.74) is 7.77. The van der Waals surface area contributed by atoms with Crippen molar-refractivity contribution in [2.24, 2.45) is 10.9 Å². The van der Waals surface area contributed by atoms with E-state index in [0.717, 1.165) is 5.56 Å². The van der Waals surface area contributed by atoms with E-state index in [1.54, 1.807) is 30.5 Å². The van der Waals surface area contributed by atoms with Gasteiger partial charge in [0.25, 0.3) is 0 Å². The number of rotatable bonds is 5. The van der Waals surface area contributed by atoms with Crippen molar-refractivity contribution in [2.75, 3.05) is 0 Å². The van der Waals surface area contributed by atoms with Crippen LogP contribution in [-0.4, -0.2) is 23.2 Å². The number of hydrogen-bond acceptors (Lipinski definition) is 6. The number of carbonyl (C=O) groups excluding carboxylic acids is 1.